The quantitative estimate of drug-likeness (QED) is 0.565. The molecule has 0 saturated carbocycles. The van der Waals surface area contributed by atoms with Crippen LogP contribution in [0.2, 0.25) is 0 Å². The number of Topliss-reactive ketones (excluding diaryl/α,β-unsaturated/α-hetero) is 1. The molecule has 0 bridgehead atoms. The minimum absolute atomic E-state index is 0. The number of halogens is 1. The Labute approximate surface area is 179 Å². The maximum Gasteiger partial charge on any atom is 0.251 e. The maximum absolute atomic E-state index is 12.6. The number of benzene rings is 1. The summed E-state index contributed by atoms with van der Waals surface area (Å²) in [7, 11) is 0. The minimum atomic E-state index is -1.33. The molecule has 3 aromatic rings. The van der Waals surface area contributed by atoms with E-state index in [0.717, 1.165) is 16.8 Å². The normalized spacial score (nSPS) is 13.3. The summed E-state index contributed by atoms with van der Waals surface area (Å²) in [5.74, 6) is -0.452. The SMILES string of the molecule is CC(C)(O)C(C)(CCn1ccc(-c2ccc(-n3nccn3)cc2)cc1=O)C(=O)CO.F. The number of aryl methyl sites for hydroxylation is 1. The molecule has 0 aliphatic carbocycles. The van der Waals surface area contributed by atoms with E-state index < -0.39 is 23.4 Å². The van der Waals surface area contributed by atoms with Crippen LogP contribution in [0.25, 0.3) is 16.8 Å². The molecule has 0 aliphatic heterocycles. The smallest absolute Gasteiger partial charge is 0.251 e. The summed E-state index contributed by atoms with van der Waals surface area (Å²) in [6, 6.07) is 10.9. The number of nitrogens with zero attached hydrogens (tertiary/aromatic N) is 4. The number of pyridine rings is 1. The molecular formula is C22H27FN4O4. The largest absolute Gasteiger partial charge is 0.389 e. The molecular weight excluding hydrogens is 403 g/mol. The van der Waals surface area contributed by atoms with Gasteiger partial charge in [0.1, 0.15) is 6.61 Å². The number of hydrogen-bond acceptors (Lipinski definition) is 6. The number of ketones is 1. The number of hydrogen-bond donors (Lipinski definition) is 2. The van der Waals surface area contributed by atoms with Crippen molar-refractivity contribution in [2.45, 2.75) is 39.3 Å². The topological polar surface area (TPSA) is 110 Å². The Balaban J connectivity index is 0.00000341. The number of carbonyl (C=O) groups excluding carboxylic acids is 1. The van der Waals surface area contributed by atoms with Gasteiger partial charge in [-0.15, -0.1) is 0 Å². The van der Waals surface area contributed by atoms with Crippen LogP contribution in [0, 0.1) is 5.41 Å². The Morgan fingerprint density at radius 1 is 1.03 bits per heavy atom. The van der Waals surface area contributed by atoms with Crippen molar-refractivity contribution in [3.63, 3.8) is 0 Å². The van der Waals surface area contributed by atoms with Gasteiger partial charge in [-0.05, 0) is 56.5 Å². The Hall–Kier alpha value is -3.17. The van der Waals surface area contributed by atoms with Crippen molar-refractivity contribution in [2.75, 3.05) is 6.61 Å². The van der Waals surface area contributed by atoms with E-state index in [2.05, 4.69) is 10.2 Å². The molecule has 0 aliphatic rings. The summed E-state index contributed by atoms with van der Waals surface area (Å²) in [6.07, 6.45) is 5.10. The van der Waals surface area contributed by atoms with Crippen LogP contribution < -0.4 is 5.56 Å². The summed E-state index contributed by atoms with van der Waals surface area (Å²) in [5, 5.41) is 27.9. The van der Waals surface area contributed by atoms with Crippen LogP contribution >= 0.6 is 0 Å². The van der Waals surface area contributed by atoms with Crippen molar-refractivity contribution in [1.29, 1.82) is 0 Å². The highest BCUT2D eigenvalue weighted by Gasteiger charge is 2.45. The first-order valence-electron chi connectivity index (χ1n) is 9.70. The van der Waals surface area contributed by atoms with E-state index in [1.165, 1.54) is 29.3 Å². The number of carbonyl (C=O) groups is 1. The van der Waals surface area contributed by atoms with E-state index in [0.29, 0.717) is 0 Å². The average Bonchev–Trinajstić information content (AvgIpc) is 3.26. The molecule has 8 nitrogen and oxygen atoms in total. The summed E-state index contributed by atoms with van der Waals surface area (Å²) in [6.45, 7) is 4.28. The second-order valence-corrected chi connectivity index (χ2v) is 8.03. The standard InChI is InChI=1S/C22H26N4O4.FH/c1-21(2,30)22(3,19(28)15-27)9-13-25-12-8-17(14-20(25)29)16-4-6-18(7-5-16)26-23-10-11-24-26;/h4-8,10-12,14,27,30H,9,13,15H2,1-3H3;1H. The Morgan fingerprint density at radius 3 is 2.16 bits per heavy atom. The molecule has 0 fully saturated rings. The minimum Gasteiger partial charge on any atom is -0.389 e. The summed E-state index contributed by atoms with van der Waals surface area (Å²) in [5.41, 5.74) is -0.242. The summed E-state index contributed by atoms with van der Waals surface area (Å²) in [4.78, 5) is 26.4. The van der Waals surface area contributed by atoms with Crippen molar-refractivity contribution in [3.05, 3.63) is 65.3 Å². The second kappa shape index (κ2) is 9.32. The third kappa shape index (κ3) is 4.95. The molecule has 1 atom stereocenters. The van der Waals surface area contributed by atoms with Gasteiger partial charge in [-0.2, -0.15) is 15.0 Å². The van der Waals surface area contributed by atoms with E-state index in [1.807, 2.05) is 30.3 Å². The molecule has 0 radical (unpaired) electrons. The zero-order valence-electron chi connectivity index (χ0n) is 17.7. The van der Waals surface area contributed by atoms with Gasteiger partial charge in [-0.1, -0.05) is 12.1 Å². The van der Waals surface area contributed by atoms with E-state index in [1.54, 1.807) is 25.5 Å². The molecule has 31 heavy (non-hydrogen) atoms. The highest BCUT2D eigenvalue weighted by atomic mass is 19.0. The molecule has 0 amide bonds. The Kier molecular flexibility index (Phi) is 7.24. The van der Waals surface area contributed by atoms with Gasteiger partial charge in [0.05, 0.1) is 29.1 Å². The van der Waals surface area contributed by atoms with Crippen LogP contribution in [0.3, 0.4) is 0 Å². The number of aliphatic hydroxyl groups is 2. The van der Waals surface area contributed by atoms with Gasteiger partial charge in [0.15, 0.2) is 5.78 Å². The van der Waals surface area contributed by atoms with Crippen LogP contribution in [-0.4, -0.2) is 47.8 Å². The molecule has 2 aromatic heterocycles. The Bertz CT molecular complexity index is 1070. The van der Waals surface area contributed by atoms with Gasteiger partial charge in [-0.25, -0.2) is 0 Å². The molecule has 2 heterocycles. The van der Waals surface area contributed by atoms with Crippen LogP contribution in [0.15, 0.2) is 59.8 Å². The van der Waals surface area contributed by atoms with E-state index >= 15 is 0 Å². The van der Waals surface area contributed by atoms with Gasteiger partial charge >= 0.3 is 0 Å². The van der Waals surface area contributed by atoms with Gasteiger partial charge in [0.2, 0.25) is 0 Å². The second-order valence-electron chi connectivity index (χ2n) is 8.03. The number of aromatic nitrogens is 4. The Morgan fingerprint density at radius 2 is 1.65 bits per heavy atom. The van der Waals surface area contributed by atoms with Crippen LogP contribution in [0.4, 0.5) is 4.70 Å². The molecule has 1 unspecified atom stereocenters. The van der Waals surface area contributed by atoms with Crippen molar-refractivity contribution in [1.82, 2.24) is 19.6 Å². The third-order valence-corrected chi connectivity index (χ3v) is 5.81. The number of rotatable bonds is 8. The molecule has 9 heteroatoms. The predicted octanol–water partition coefficient (Wildman–Crippen LogP) is 1.98. The molecule has 2 N–H and O–H groups in total. The highest BCUT2D eigenvalue weighted by molar-refractivity contribution is 5.86. The lowest BCUT2D eigenvalue weighted by molar-refractivity contribution is -0.146. The monoisotopic (exact) mass is 430 g/mol. The average molecular weight is 430 g/mol. The lowest BCUT2D eigenvalue weighted by Gasteiger charge is -2.39. The third-order valence-electron chi connectivity index (χ3n) is 5.81. The fraction of sp³-hybridized carbons (Fsp3) is 0.364. The first kappa shape index (κ1) is 24.1. The van der Waals surface area contributed by atoms with Crippen molar-refractivity contribution < 1.29 is 19.7 Å². The lowest BCUT2D eigenvalue weighted by atomic mass is 9.70. The van der Waals surface area contributed by atoms with Crippen molar-refractivity contribution in [2.24, 2.45) is 5.41 Å². The summed E-state index contributed by atoms with van der Waals surface area (Å²) < 4.78 is 1.50. The van der Waals surface area contributed by atoms with Gasteiger partial charge in [-0.3, -0.25) is 14.3 Å². The zero-order chi connectivity index (χ0) is 21.9. The molecule has 0 saturated heterocycles. The van der Waals surface area contributed by atoms with Crippen LogP contribution in [0.5, 0.6) is 0 Å². The fourth-order valence-corrected chi connectivity index (χ4v) is 3.31. The molecule has 0 spiro atoms. The van der Waals surface area contributed by atoms with Gasteiger partial charge in [0.25, 0.3) is 5.56 Å². The predicted molar refractivity (Wildman–Crippen MR) is 115 cm³/mol. The molecule has 166 valence electrons. The van der Waals surface area contributed by atoms with Gasteiger partial charge < -0.3 is 14.8 Å². The highest BCUT2D eigenvalue weighted by Crippen LogP contribution is 2.36. The van der Waals surface area contributed by atoms with E-state index in [9.17, 15) is 19.8 Å². The lowest BCUT2D eigenvalue weighted by Crippen LogP contribution is -2.49. The van der Waals surface area contributed by atoms with Crippen molar-refractivity contribution >= 4 is 5.78 Å². The first-order valence-corrected chi connectivity index (χ1v) is 9.70. The summed E-state index contributed by atoms with van der Waals surface area (Å²) >= 11 is 0. The van der Waals surface area contributed by atoms with E-state index in [-0.39, 0.29) is 23.2 Å². The molecule has 3 rings (SSSR count). The molecule has 1 aromatic carbocycles. The number of aliphatic hydroxyl groups excluding tert-OH is 1. The maximum atomic E-state index is 12.6. The first-order chi connectivity index (χ1) is 14.2. The zero-order valence-corrected chi connectivity index (χ0v) is 17.7. The van der Waals surface area contributed by atoms with Crippen molar-refractivity contribution in [3.8, 4) is 16.8 Å². The van der Waals surface area contributed by atoms with Gasteiger partial charge in [0, 0.05) is 18.8 Å². The van der Waals surface area contributed by atoms with Crippen LogP contribution in [-0.2, 0) is 11.3 Å². The fourth-order valence-electron chi connectivity index (χ4n) is 3.31. The van der Waals surface area contributed by atoms with Crippen LogP contribution in [0.1, 0.15) is 27.2 Å². The van der Waals surface area contributed by atoms with E-state index in [4.69, 9.17) is 0 Å².